The molecule has 0 saturated carbocycles. The van der Waals surface area contributed by atoms with Crippen molar-refractivity contribution in [3.63, 3.8) is 0 Å². The second-order valence-electron chi connectivity index (χ2n) is 10.3. The van der Waals surface area contributed by atoms with Crippen molar-refractivity contribution < 1.29 is 36.3 Å². The Kier molecular flexibility index (Phi) is 14.3. The number of ketones is 1. The lowest BCUT2D eigenvalue weighted by molar-refractivity contribution is -0.115. The molecule has 0 bridgehead atoms. The Labute approximate surface area is 271 Å². The summed E-state index contributed by atoms with van der Waals surface area (Å²) in [4.78, 5) is 14.0. The minimum atomic E-state index is -3.82. The number of hydrogen-bond acceptors (Lipinski definition) is 10. The number of ether oxygens (including phenoxy) is 4. The van der Waals surface area contributed by atoms with E-state index < -0.39 is 10.1 Å². The van der Waals surface area contributed by atoms with Crippen LogP contribution in [0.4, 0.5) is 5.69 Å². The molecule has 246 valence electrons. The molecule has 11 heteroatoms. The molecule has 1 aliphatic rings. The zero-order valence-corrected chi connectivity index (χ0v) is 27.8. The lowest BCUT2D eigenvalue weighted by Crippen LogP contribution is -2.12. The molecule has 0 radical (unpaired) electrons. The summed E-state index contributed by atoms with van der Waals surface area (Å²) < 4.78 is 53.0. The van der Waals surface area contributed by atoms with Gasteiger partial charge in [-0.3, -0.25) is 4.18 Å². The SMILES string of the molecule is CC(C)=O.CO/C1=C/C/C(CNc2cccnc2Oc2ccc(OC)cc2)=C(/OCCCOS(=O)(=O)c2ccc(C)cc2)C=CC1. The van der Waals surface area contributed by atoms with Crippen LogP contribution in [-0.4, -0.2) is 53.2 Å². The van der Waals surface area contributed by atoms with Crippen molar-refractivity contribution in [3.05, 3.63) is 108 Å². The molecule has 4 rings (SSSR count). The zero-order chi connectivity index (χ0) is 33.4. The minimum Gasteiger partial charge on any atom is -0.501 e. The largest absolute Gasteiger partial charge is 0.501 e. The number of pyridine rings is 1. The smallest absolute Gasteiger partial charge is 0.296 e. The van der Waals surface area contributed by atoms with E-state index >= 15 is 0 Å². The Morgan fingerprint density at radius 2 is 1.61 bits per heavy atom. The van der Waals surface area contributed by atoms with E-state index in [1.54, 1.807) is 44.7 Å². The van der Waals surface area contributed by atoms with Gasteiger partial charge in [0.25, 0.3) is 10.1 Å². The third kappa shape index (κ3) is 12.1. The van der Waals surface area contributed by atoms with Gasteiger partial charge in [0.2, 0.25) is 5.88 Å². The molecule has 1 heterocycles. The van der Waals surface area contributed by atoms with Gasteiger partial charge in [-0.2, -0.15) is 8.42 Å². The van der Waals surface area contributed by atoms with Crippen LogP contribution in [0.3, 0.4) is 0 Å². The van der Waals surface area contributed by atoms with E-state index in [0.29, 0.717) is 43.2 Å². The molecule has 0 aliphatic heterocycles. The van der Waals surface area contributed by atoms with Crippen LogP contribution in [0.2, 0.25) is 0 Å². The highest BCUT2D eigenvalue weighted by Crippen LogP contribution is 2.29. The fraction of sp³-hybridized carbons (Fsp3) is 0.314. The number of allylic oxidation sites excluding steroid dienone is 3. The molecular formula is C35H42N2O8S. The number of carbonyl (C=O) groups excluding carboxylic acids is 1. The molecule has 0 fully saturated rings. The molecule has 0 amide bonds. The number of anilines is 1. The number of nitrogens with one attached hydrogen (secondary N) is 1. The summed E-state index contributed by atoms with van der Waals surface area (Å²) in [6.07, 6.45) is 9.23. The van der Waals surface area contributed by atoms with Gasteiger partial charge in [-0.15, -0.1) is 0 Å². The summed E-state index contributed by atoms with van der Waals surface area (Å²) in [5.41, 5.74) is 2.68. The van der Waals surface area contributed by atoms with Crippen LogP contribution in [-0.2, 0) is 28.6 Å². The Balaban J connectivity index is 0.00000136. The lowest BCUT2D eigenvalue weighted by atomic mass is 10.1. The van der Waals surface area contributed by atoms with Crippen LogP contribution < -0.4 is 14.8 Å². The maximum absolute atomic E-state index is 12.5. The average Bonchev–Trinajstić information content (AvgIpc) is 3.02. The molecule has 0 saturated heterocycles. The summed E-state index contributed by atoms with van der Waals surface area (Å²) in [6.45, 7) is 5.70. The molecule has 1 aromatic heterocycles. The highest BCUT2D eigenvalue weighted by Gasteiger charge is 2.15. The molecule has 2 aromatic carbocycles. The quantitative estimate of drug-likeness (QED) is 0.142. The Bertz CT molecular complexity index is 1610. The normalized spacial score (nSPS) is 15.6. The van der Waals surface area contributed by atoms with E-state index in [9.17, 15) is 13.2 Å². The summed E-state index contributed by atoms with van der Waals surface area (Å²) in [5.74, 6) is 3.54. The molecular weight excluding hydrogens is 608 g/mol. The van der Waals surface area contributed by atoms with E-state index in [-0.39, 0.29) is 23.9 Å². The van der Waals surface area contributed by atoms with Crippen molar-refractivity contribution in [1.82, 2.24) is 4.98 Å². The van der Waals surface area contributed by atoms with Crippen LogP contribution in [0.15, 0.2) is 107 Å². The number of hydrogen-bond donors (Lipinski definition) is 1. The maximum atomic E-state index is 12.5. The van der Waals surface area contributed by atoms with Crippen LogP contribution >= 0.6 is 0 Å². The van der Waals surface area contributed by atoms with Crippen LogP contribution in [0.1, 0.15) is 38.7 Å². The van der Waals surface area contributed by atoms with Gasteiger partial charge in [0.15, 0.2) is 0 Å². The van der Waals surface area contributed by atoms with Crippen molar-refractivity contribution in [2.75, 3.05) is 39.3 Å². The topological polar surface area (TPSA) is 122 Å². The van der Waals surface area contributed by atoms with Gasteiger partial charge < -0.3 is 29.1 Å². The Morgan fingerprint density at radius 1 is 0.913 bits per heavy atom. The van der Waals surface area contributed by atoms with E-state index in [4.69, 9.17) is 23.1 Å². The first-order chi connectivity index (χ1) is 22.1. The third-order valence-corrected chi connectivity index (χ3v) is 7.73. The number of methoxy groups -OCH3 is 2. The molecule has 3 aromatic rings. The van der Waals surface area contributed by atoms with Crippen molar-refractivity contribution in [2.45, 2.75) is 44.9 Å². The fourth-order valence-electron chi connectivity index (χ4n) is 4.04. The number of benzene rings is 2. The lowest BCUT2D eigenvalue weighted by Gasteiger charge is -2.18. The summed E-state index contributed by atoms with van der Waals surface area (Å²) in [5, 5.41) is 3.42. The van der Waals surface area contributed by atoms with Gasteiger partial charge in [-0.05, 0) is 93.4 Å². The fourth-order valence-corrected chi connectivity index (χ4v) is 4.99. The highest BCUT2D eigenvalue weighted by molar-refractivity contribution is 7.86. The standard InChI is InChI=1S/C32H36N2O7S.C3H6O/c1-24-10-18-29(19-11-24)42(35,36)40-22-6-21-39-31-9-4-7-26(37-2)13-12-25(31)23-34-30-8-5-20-33-32(30)41-28-16-14-27(38-3)15-17-28;1-3(2)4/h4-5,8-11,13-20,34H,6-7,12,21-23H2,1-3H3;1-2H3/b9-4?,26-13+,31-25-;. The number of Topliss-reactive ketones (excluding diaryl/α,β-unsaturated/α-hetero) is 1. The number of aromatic nitrogens is 1. The first-order valence-electron chi connectivity index (χ1n) is 14.8. The van der Waals surface area contributed by atoms with Gasteiger partial charge in [0.1, 0.15) is 23.0 Å². The van der Waals surface area contributed by atoms with E-state index in [2.05, 4.69) is 10.3 Å². The predicted octanol–water partition coefficient (Wildman–Crippen LogP) is 7.14. The molecule has 1 aliphatic carbocycles. The van der Waals surface area contributed by atoms with Crippen molar-refractivity contribution in [2.24, 2.45) is 0 Å². The predicted molar refractivity (Wildman–Crippen MR) is 178 cm³/mol. The van der Waals surface area contributed by atoms with Crippen molar-refractivity contribution in [1.29, 1.82) is 0 Å². The Hall–Kier alpha value is -4.61. The molecule has 10 nitrogen and oxygen atoms in total. The van der Waals surface area contributed by atoms with Crippen LogP contribution in [0.5, 0.6) is 17.4 Å². The van der Waals surface area contributed by atoms with Gasteiger partial charge in [0, 0.05) is 25.6 Å². The first kappa shape index (κ1) is 35.9. The average molecular weight is 651 g/mol. The minimum absolute atomic E-state index is 0.0102. The van der Waals surface area contributed by atoms with Gasteiger partial charge in [-0.1, -0.05) is 23.8 Å². The number of aryl methyl sites for hydroxylation is 1. The Morgan fingerprint density at radius 3 is 2.28 bits per heavy atom. The molecule has 1 N–H and O–H groups in total. The first-order valence-corrected chi connectivity index (χ1v) is 16.2. The van der Waals surface area contributed by atoms with Crippen LogP contribution in [0.25, 0.3) is 0 Å². The number of rotatable bonds is 14. The monoisotopic (exact) mass is 650 g/mol. The maximum Gasteiger partial charge on any atom is 0.296 e. The zero-order valence-electron chi connectivity index (χ0n) is 26.9. The van der Waals surface area contributed by atoms with Gasteiger partial charge in [-0.25, -0.2) is 4.98 Å². The van der Waals surface area contributed by atoms with Gasteiger partial charge in [0.05, 0.1) is 43.8 Å². The van der Waals surface area contributed by atoms with Crippen molar-refractivity contribution >= 4 is 21.6 Å². The second-order valence-corrected chi connectivity index (χ2v) is 12.0. The second kappa shape index (κ2) is 18.4. The molecule has 0 spiro atoms. The number of nitrogens with zero attached hydrogens (tertiary/aromatic N) is 1. The summed E-state index contributed by atoms with van der Waals surface area (Å²) in [7, 11) is -0.549. The summed E-state index contributed by atoms with van der Waals surface area (Å²) >= 11 is 0. The molecule has 0 atom stereocenters. The number of carbonyl (C=O) groups is 1. The molecule has 0 unspecified atom stereocenters. The van der Waals surface area contributed by atoms with E-state index in [1.165, 1.54) is 13.8 Å². The third-order valence-electron chi connectivity index (χ3n) is 6.41. The van der Waals surface area contributed by atoms with Crippen LogP contribution in [0, 0.1) is 6.92 Å². The van der Waals surface area contributed by atoms with Gasteiger partial charge >= 0.3 is 0 Å². The molecule has 46 heavy (non-hydrogen) atoms. The highest BCUT2D eigenvalue weighted by atomic mass is 32.2. The van der Waals surface area contributed by atoms with E-state index in [0.717, 1.165) is 28.3 Å². The summed E-state index contributed by atoms with van der Waals surface area (Å²) in [6, 6.07) is 17.6. The van der Waals surface area contributed by atoms with Crippen molar-refractivity contribution in [3.8, 4) is 17.4 Å². The van der Waals surface area contributed by atoms with E-state index in [1.807, 2.05) is 61.5 Å².